The van der Waals surface area contributed by atoms with E-state index in [9.17, 15) is 0 Å². The van der Waals surface area contributed by atoms with Crippen molar-refractivity contribution >= 4 is 0 Å². The third kappa shape index (κ3) is 3.61. The Labute approximate surface area is 62.2 Å². The Morgan fingerprint density at radius 1 is 1.80 bits per heavy atom. The quantitative estimate of drug-likeness (QED) is 0.334. The molecule has 0 radical (unpaired) electrons. The van der Waals surface area contributed by atoms with Gasteiger partial charge in [0.2, 0.25) is 0 Å². The molecule has 0 aliphatic carbocycles. The topological polar surface area (TPSA) is 47.3 Å². The predicted octanol–water partition coefficient (Wildman–Crippen LogP) is 0.431. The summed E-state index contributed by atoms with van der Waals surface area (Å²) in [4.78, 5) is 0. The van der Waals surface area contributed by atoms with Gasteiger partial charge in [0.15, 0.2) is 0 Å². The molecule has 0 amide bonds. The molecule has 1 atom stereocenters. The maximum atomic E-state index is 5.25. The van der Waals surface area contributed by atoms with E-state index in [2.05, 4.69) is 12.0 Å². The molecule has 0 aliphatic heterocycles. The Hall–Kier alpha value is -0.380. The number of hydrogen-bond donors (Lipinski definition) is 2. The van der Waals surface area contributed by atoms with Gasteiger partial charge in [0.05, 0.1) is 0 Å². The molecule has 0 aromatic rings. The number of ether oxygens (including phenoxy) is 1. The van der Waals surface area contributed by atoms with Crippen LogP contribution in [0.4, 0.5) is 0 Å². The van der Waals surface area contributed by atoms with Crippen molar-refractivity contribution in [3.63, 3.8) is 0 Å². The lowest BCUT2D eigenvalue weighted by atomic mass is 10.1. The molecular weight excluding hydrogens is 128 g/mol. The lowest BCUT2D eigenvalue weighted by Gasteiger charge is -2.14. The first-order valence-corrected chi connectivity index (χ1v) is 3.32. The summed E-state index contributed by atoms with van der Waals surface area (Å²) in [7, 11) is 1.67. The monoisotopic (exact) mass is 144 g/mol. The van der Waals surface area contributed by atoms with Gasteiger partial charge in [-0.1, -0.05) is 12.2 Å². The highest BCUT2D eigenvalue weighted by atomic mass is 16.5. The molecule has 0 heterocycles. The first-order valence-electron chi connectivity index (χ1n) is 3.32. The van der Waals surface area contributed by atoms with Gasteiger partial charge in [-0.15, -0.1) is 0 Å². The second kappa shape index (κ2) is 5.41. The van der Waals surface area contributed by atoms with Crippen molar-refractivity contribution in [2.75, 3.05) is 13.7 Å². The molecular formula is C7H16N2O. The van der Waals surface area contributed by atoms with E-state index < -0.39 is 0 Å². The maximum Gasteiger partial charge on any atom is 0.0480 e. The SMILES string of the molecule is C=C(C)C(CCOC)NN. The molecule has 0 aromatic heterocycles. The molecule has 0 bridgehead atoms. The normalized spacial score (nSPS) is 13.1. The lowest BCUT2D eigenvalue weighted by Crippen LogP contribution is -2.36. The summed E-state index contributed by atoms with van der Waals surface area (Å²) < 4.78 is 4.89. The molecule has 3 N–H and O–H groups in total. The third-order valence-corrected chi connectivity index (χ3v) is 1.41. The van der Waals surface area contributed by atoms with Crippen LogP contribution in [0.3, 0.4) is 0 Å². The van der Waals surface area contributed by atoms with Crippen LogP contribution in [-0.2, 0) is 4.74 Å². The van der Waals surface area contributed by atoms with Gasteiger partial charge in [-0.05, 0) is 13.3 Å². The highest BCUT2D eigenvalue weighted by Crippen LogP contribution is 2.00. The molecule has 0 fully saturated rings. The van der Waals surface area contributed by atoms with Gasteiger partial charge in [-0.2, -0.15) is 0 Å². The summed E-state index contributed by atoms with van der Waals surface area (Å²) in [6.07, 6.45) is 0.877. The predicted molar refractivity (Wildman–Crippen MR) is 42.4 cm³/mol. The van der Waals surface area contributed by atoms with E-state index in [4.69, 9.17) is 10.6 Å². The summed E-state index contributed by atoms with van der Waals surface area (Å²) >= 11 is 0. The van der Waals surface area contributed by atoms with E-state index in [0.29, 0.717) is 6.61 Å². The summed E-state index contributed by atoms with van der Waals surface area (Å²) in [5.74, 6) is 5.25. The minimum absolute atomic E-state index is 0.181. The van der Waals surface area contributed by atoms with Gasteiger partial charge in [0, 0.05) is 19.8 Å². The van der Waals surface area contributed by atoms with Crippen molar-refractivity contribution in [1.82, 2.24) is 5.43 Å². The van der Waals surface area contributed by atoms with Crippen LogP contribution in [0.15, 0.2) is 12.2 Å². The van der Waals surface area contributed by atoms with Crippen LogP contribution in [-0.4, -0.2) is 19.8 Å². The Kier molecular flexibility index (Phi) is 5.20. The van der Waals surface area contributed by atoms with Gasteiger partial charge in [-0.25, -0.2) is 0 Å². The van der Waals surface area contributed by atoms with Crippen LogP contribution < -0.4 is 11.3 Å². The van der Waals surface area contributed by atoms with E-state index in [1.807, 2.05) is 6.92 Å². The van der Waals surface area contributed by atoms with Crippen LogP contribution >= 0.6 is 0 Å². The largest absolute Gasteiger partial charge is 0.385 e. The number of nitrogens with one attached hydrogen (secondary N) is 1. The average Bonchev–Trinajstić information content (AvgIpc) is 1.89. The fourth-order valence-corrected chi connectivity index (χ4v) is 0.708. The van der Waals surface area contributed by atoms with Crippen molar-refractivity contribution < 1.29 is 4.74 Å². The summed E-state index contributed by atoms with van der Waals surface area (Å²) in [6.45, 7) is 6.44. The molecule has 0 rings (SSSR count). The Balaban J connectivity index is 3.50. The Morgan fingerprint density at radius 2 is 2.40 bits per heavy atom. The zero-order chi connectivity index (χ0) is 7.98. The molecule has 3 heteroatoms. The second-order valence-electron chi connectivity index (χ2n) is 2.35. The number of nitrogens with two attached hydrogens (primary N) is 1. The van der Waals surface area contributed by atoms with E-state index in [0.717, 1.165) is 12.0 Å². The number of rotatable bonds is 5. The third-order valence-electron chi connectivity index (χ3n) is 1.41. The van der Waals surface area contributed by atoms with E-state index in [-0.39, 0.29) is 6.04 Å². The average molecular weight is 144 g/mol. The van der Waals surface area contributed by atoms with Gasteiger partial charge in [-0.3, -0.25) is 11.3 Å². The summed E-state index contributed by atoms with van der Waals surface area (Å²) in [6, 6.07) is 0.181. The van der Waals surface area contributed by atoms with Gasteiger partial charge >= 0.3 is 0 Å². The minimum Gasteiger partial charge on any atom is -0.385 e. The van der Waals surface area contributed by atoms with Gasteiger partial charge in [0.1, 0.15) is 0 Å². The fraction of sp³-hybridized carbons (Fsp3) is 0.714. The molecule has 0 aromatic carbocycles. The molecule has 1 unspecified atom stereocenters. The maximum absolute atomic E-state index is 5.25. The van der Waals surface area contributed by atoms with Crippen LogP contribution in [0, 0.1) is 0 Å². The van der Waals surface area contributed by atoms with Crippen molar-refractivity contribution in [3.8, 4) is 0 Å². The molecule has 0 aliphatic rings. The highest BCUT2D eigenvalue weighted by molar-refractivity contribution is 5.00. The Bertz CT molecular complexity index is 104. The van der Waals surface area contributed by atoms with Crippen molar-refractivity contribution in [3.05, 3.63) is 12.2 Å². The van der Waals surface area contributed by atoms with Crippen molar-refractivity contribution in [2.45, 2.75) is 19.4 Å². The van der Waals surface area contributed by atoms with Crippen molar-refractivity contribution in [2.24, 2.45) is 5.84 Å². The number of hydrogen-bond acceptors (Lipinski definition) is 3. The highest BCUT2D eigenvalue weighted by Gasteiger charge is 2.04. The first kappa shape index (κ1) is 9.62. The first-order chi connectivity index (χ1) is 4.72. The van der Waals surface area contributed by atoms with Gasteiger partial charge < -0.3 is 4.74 Å². The summed E-state index contributed by atoms with van der Waals surface area (Å²) in [5.41, 5.74) is 3.70. The van der Waals surface area contributed by atoms with E-state index >= 15 is 0 Å². The van der Waals surface area contributed by atoms with E-state index in [1.165, 1.54) is 0 Å². The van der Waals surface area contributed by atoms with Crippen LogP contribution in [0.2, 0.25) is 0 Å². The number of hydrazine groups is 1. The Morgan fingerprint density at radius 3 is 2.70 bits per heavy atom. The molecule has 0 spiro atoms. The summed E-state index contributed by atoms with van der Waals surface area (Å²) in [5, 5.41) is 0. The van der Waals surface area contributed by atoms with Crippen molar-refractivity contribution in [1.29, 1.82) is 0 Å². The zero-order valence-corrected chi connectivity index (χ0v) is 6.68. The standard InChI is InChI=1S/C7H16N2O/c1-6(2)7(9-8)4-5-10-3/h7,9H,1,4-5,8H2,2-3H3. The minimum atomic E-state index is 0.181. The zero-order valence-electron chi connectivity index (χ0n) is 6.68. The molecule has 0 saturated heterocycles. The fourth-order valence-electron chi connectivity index (χ4n) is 0.708. The smallest absolute Gasteiger partial charge is 0.0480 e. The van der Waals surface area contributed by atoms with Crippen LogP contribution in [0.25, 0.3) is 0 Å². The van der Waals surface area contributed by atoms with Crippen LogP contribution in [0.5, 0.6) is 0 Å². The molecule has 10 heavy (non-hydrogen) atoms. The number of methoxy groups -OCH3 is 1. The van der Waals surface area contributed by atoms with Crippen LogP contribution in [0.1, 0.15) is 13.3 Å². The lowest BCUT2D eigenvalue weighted by molar-refractivity contribution is 0.187. The van der Waals surface area contributed by atoms with Gasteiger partial charge in [0.25, 0.3) is 0 Å². The molecule has 3 nitrogen and oxygen atoms in total. The molecule has 60 valence electrons. The second-order valence-corrected chi connectivity index (χ2v) is 2.35. The van der Waals surface area contributed by atoms with E-state index in [1.54, 1.807) is 7.11 Å². The molecule has 0 saturated carbocycles.